The van der Waals surface area contributed by atoms with E-state index in [2.05, 4.69) is 69.6 Å². The van der Waals surface area contributed by atoms with E-state index in [0.717, 1.165) is 30.7 Å². The first-order valence-electron chi connectivity index (χ1n) is 6.98. The monoisotopic (exact) mass is 325 g/mol. The lowest BCUT2D eigenvalue weighted by atomic mass is 9.92. The lowest BCUT2D eigenvalue weighted by Gasteiger charge is -2.35. The van der Waals surface area contributed by atoms with Crippen LogP contribution in [0.1, 0.15) is 13.8 Å². The number of rotatable bonds is 5. The summed E-state index contributed by atoms with van der Waals surface area (Å²) in [4.78, 5) is 2.55. The normalized spacial score (nSPS) is 17.4. The summed E-state index contributed by atoms with van der Waals surface area (Å²) < 4.78 is 1.12. The number of hydrogen-bond acceptors (Lipinski definition) is 3. The van der Waals surface area contributed by atoms with Crippen LogP contribution in [0, 0.1) is 5.41 Å². The zero-order valence-electron chi connectivity index (χ0n) is 11.9. The van der Waals surface area contributed by atoms with Crippen molar-refractivity contribution in [1.29, 1.82) is 0 Å². The first-order chi connectivity index (χ1) is 9.05. The molecule has 0 bridgehead atoms. The molecule has 1 fully saturated rings. The SMILES string of the molecule is CC(C)(CNc1cccc(Br)c1)CN1CCNCC1. The molecule has 2 rings (SSSR count). The molecule has 1 heterocycles. The lowest BCUT2D eigenvalue weighted by molar-refractivity contribution is 0.168. The van der Waals surface area contributed by atoms with E-state index < -0.39 is 0 Å². The van der Waals surface area contributed by atoms with Crippen molar-refractivity contribution in [2.24, 2.45) is 5.41 Å². The molecule has 1 aliphatic heterocycles. The summed E-state index contributed by atoms with van der Waals surface area (Å²) in [5, 5.41) is 6.95. The van der Waals surface area contributed by atoms with Crippen molar-refractivity contribution in [3.8, 4) is 0 Å². The van der Waals surface area contributed by atoms with Crippen LogP contribution in [0.15, 0.2) is 28.7 Å². The summed E-state index contributed by atoms with van der Waals surface area (Å²) >= 11 is 3.51. The van der Waals surface area contributed by atoms with Crippen LogP contribution in [0.5, 0.6) is 0 Å². The minimum Gasteiger partial charge on any atom is -0.384 e. The van der Waals surface area contributed by atoms with Gasteiger partial charge >= 0.3 is 0 Å². The van der Waals surface area contributed by atoms with E-state index in [4.69, 9.17) is 0 Å². The average Bonchev–Trinajstić information content (AvgIpc) is 2.37. The average molecular weight is 326 g/mol. The van der Waals surface area contributed by atoms with E-state index >= 15 is 0 Å². The third-order valence-electron chi connectivity index (χ3n) is 3.46. The summed E-state index contributed by atoms with van der Waals surface area (Å²) in [7, 11) is 0. The van der Waals surface area contributed by atoms with Crippen LogP contribution < -0.4 is 10.6 Å². The number of piperazine rings is 1. The van der Waals surface area contributed by atoms with Crippen LogP contribution in [0.25, 0.3) is 0 Å². The fraction of sp³-hybridized carbons (Fsp3) is 0.600. The Morgan fingerprint density at radius 3 is 2.74 bits per heavy atom. The molecule has 1 aromatic carbocycles. The highest BCUT2D eigenvalue weighted by molar-refractivity contribution is 9.10. The number of nitrogens with one attached hydrogen (secondary N) is 2. The number of nitrogens with zero attached hydrogens (tertiary/aromatic N) is 1. The minimum absolute atomic E-state index is 0.277. The van der Waals surface area contributed by atoms with Crippen LogP contribution in [0.3, 0.4) is 0 Å². The highest BCUT2D eigenvalue weighted by Gasteiger charge is 2.22. The first-order valence-corrected chi connectivity index (χ1v) is 7.77. The summed E-state index contributed by atoms with van der Waals surface area (Å²) in [5.41, 5.74) is 1.46. The Labute approximate surface area is 124 Å². The van der Waals surface area contributed by atoms with Crippen LogP contribution in [-0.2, 0) is 0 Å². The molecule has 0 saturated carbocycles. The van der Waals surface area contributed by atoms with Gasteiger partial charge in [-0.3, -0.25) is 0 Å². The molecule has 4 heteroatoms. The summed E-state index contributed by atoms with van der Waals surface area (Å²) in [5.74, 6) is 0. The highest BCUT2D eigenvalue weighted by Crippen LogP contribution is 2.21. The Morgan fingerprint density at radius 1 is 1.32 bits per heavy atom. The molecule has 0 aliphatic carbocycles. The van der Waals surface area contributed by atoms with Crippen LogP contribution in [0.2, 0.25) is 0 Å². The third-order valence-corrected chi connectivity index (χ3v) is 3.95. The minimum atomic E-state index is 0.277. The molecule has 0 aromatic heterocycles. The van der Waals surface area contributed by atoms with Crippen LogP contribution in [-0.4, -0.2) is 44.2 Å². The number of anilines is 1. The summed E-state index contributed by atoms with van der Waals surface area (Å²) in [6.07, 6.45) is 0. The number of benzene rings is 1. The smallest absolute Gasteiger partial charge is 0.0351 e. The van der Waals surface area contributed by atoms with E-state index in [-0.39, 0.29) is 5.41 Å². The van der Waals surface area contributed by atoms with Gasteiger partial charge < -0.3 is 15.5 Å². The molecule has 19 heavy (non-hydrogen) atoms. The fourth-order valence-corrected chi connectivity index (χ4v) is 2.87. The highest BCUT2D eigenvalue weighted by atomic mass is 79.9. The summed E-state index contributed by atoms with van der Waals surface area (Å²) in [6.45, 7) is 11.4. The van der Waals surface area contributed by atoms with Gasteiger partial charge in [-0.1, -0.05) is 35.8 Å². The molecule has 106 valence electrons. The van der Waals surface area contributed by atoms with Gasteiger partial charge in [-0.15, -0.1) is 0 Å². The van der Waals surface area contributed by atoms with Gasteiger partial charge in [0.15, 0.2) is 0 Å². The molecule has 0 radical (unpaired) electrons. The second kappa shape index (κ2) is 6.73. The van der Waals surface area contributed by atoms with Gasteiger partial charge in [-0.05, 0) is 23.6 Å². The van der Waals surface area contributed by atoms with Gasteiger partial charge in [0.2, 0.25) is 0 Å². The van der Waals surface area contributed by atoms with Crippen LogP contribution >= 0.6 is 15.9 Å². The standard InChI is InChI=1S/C15H24BrN3/c1-15(2,12-19-8-6-17-7-9-19)11-18-14-5-3-4-13(16)10-14/h3-5,10,17-18H,6-9,11-12H2,1-2H3. The van der Waals surface area contributed by atoms with Crippen molar-refractivity contribution >= 4 is 21.6 Å². The third kappa shape index (κ3) is 5.13. The molecule has 1 saturated heterocycles. The quantitative estimate of drug-likeness (QED) is 0.871. The zero-order chi connectivity index (χ0) is 13.7. The molecule has 0 spiro atoms. The predicted octanol–water partition coefficient (Wildman–Crippen LogP) is 2.79. The van der Waals surface area contributed by atoms with E-state index in [1.54, 1.807) is 0 Å². The lowest BCUT2D eigenvalue weighted by Crippen LogP contribution is -2.48. The predicted molar refractivity (Wildman–Crippen MR) is 85.7 cm³/mol. The maximum Gasteiger partial charge on any atom is 0.0351 e. The second-order valence-corrected chi connectivity index (χ2v) is 6.97. The molecular weight excluding hydrogens is 302 g/mol. The van der Waals surface area contributed by atoms with Gasteiger partial charge in [0.1, 0.15) is 0 Å². The van der Waals surface area contributed by atoms with Gasteiger partial charge in [0, 0.05) is 49.4 Å². The molecule has 3 nitrogen and oxygen atoms in total. The molecule has 0 atom stereocenters. The van der Waals surface area contributed by atoms with Gasteiger partial charge in [0.25, 0.3) is 0 Å². The van der Waals surface area contributed by atoms with Crippen molar-refractivity contribution in [3.05, 3.63) is 28.7 Å². The van der Waals surface area contributed by atoms with Crippen LogP contribution in [0.4, 0.5) is 5.69 Å². The van der Waals surface area contributed by atoms with E-state index in [1.165, 1.54) is 18.8 Å². The van der Waals surface area contributed by atoms with E-state index in [0.29, 0.717) is 0 Å². The van der Waals surface area contributed by atoms with Gasteiger partial charge in [-0.25, -0.2) is 0 Å². The molecule has 1 aromatic rings. The fourth-order valence-electron chi connectivity index (χ4n) is 2.47. The van der Waals surface area contributed by atoms with E-state index in [9.17, 15) is 0 Å². The Morgan fingerprint density at radius 2 is 2.05 bits per heavy atom. The Bertz CT molecular complexity index is 400. The van der Waals surface area contributed by atoms with Crippen molar-refractivity contribution < 1.29 is 0 Å². The molecule has 0 amide bonds. The maximum absolute atomic E-state index is 3.54. The van der Waals surface area contributed by atoms with Gasteiger partial charge in [-0.2, -0.15) is 0 Å². The molecule has 2 N–H and O–H groups in total. The molecule has 0 unspecified atom stereocenters. The molecular formula is C15H24BrN3. The Kier molecular flexibility index (Phi) is 5.25. The van der Waals surface area contributed by atoms with Gasteiger partial charge in [0.05, 0.1) is 0 Å². The number of halogens is 1. The van der Waals surface area contributed by atoms with Crippen molar-refractivity contribution in [3.63, 3.8) is 0 Å². The largest absolute Gasteiger partial charge is 0.384 e. The van der Waals surface area contributed by atoms with Crippen molar-refractivity contribution in [2.45, 2.75) is 13.8 Å². The topological polar surface area (TPSA) is 27.3 Å². The van der Waals surface area contributed by atoms with Crippen molar-refractivity contribution in [1.82, 2.24) is 10.2 Å². The van der Waals surface area contributed by atoms with Crippen molar-refractivity contribution in [2.75, 3.05) is 44.6 Å². The number of hydrogen-bond donors (Lipinski definition) is 2. The Hall–Kier alpha value is -0.580. The zero-order valence-corrected chi connectivity index (χ0v) is 13.5. The maximum atomic E-state index is 3.54. The first kappa shape index (κ1) is 14.8. The molecule has 1 aliphatic rings. The second-order valence-electron chi connectivity index (χ2n) is 6.05. The van der Waals surface area contributed by atoms with E-state index in [1.807, 2.05) is 0 Å². The Balaban J connectivity index is 1.82. The summed E-state index contributed by atoms with van der Waals surface area (Å²) in [6, 6.07) is 8.36.